The van der Waals surface area contributed by atoms with Crippen molar-refractivity contribution in [1.29, 1.82) is 0 Å². The molecule has 0 spiro atoms. The van der Waals surface area contributed by atoms with Crippen molar-refractivity contribution in [3.63, 3.8) is 0 Å². The molecule has 31 heavy (non-hydrogen) atoms. The Balaban J connectivity index is 1.65. The SMILES string of the molecule is COc1ccc(N2CN(c3ccc(F)cc3C)c3cc(C4CC4)ccc3C2=O)c(C)n1. The van der Waals surface area contributed by atoms with Crippen LogP contribution in [0.25, 0.3) is 0 Å². The van der Waals surface area contributed by atoms with Crippen molar-refractivity contribution in [3.8, 4) is 5.88 Å². The molecule has 2 heterocycles. The molecule has 0 radical (unpaired) electrons. The Morgan fingerprint density at radius 3 is 2.42 bits per heavy atom. The Morgan fingerprint density at radius 1 is 0.968 bits per heavy atom. The molecule has 1 aromatic heterocycles. The maximum absolute atomic E-state index is 13.8. The lowest BCUT2D eigenvalue weighted by molar-refractivity contribution is 0.0983. The lowest BCUT2D eigenvalue weighted by Gasteiger charge is -2.39. The molecular weight excluding hydrogens is 393 g/mol. The zero-order valence-corrected chi connectivity index (χ0v) is 17.9. The average Bonchev–Trinajstić information content (AvgIpc) is 3.60. The van der Waals surface area contributed by atoms with Gasteiger partial charge in [0.15, 0.2) is 0 Å². The number of aromatic nitrogens is 1. The van der Waals surface area contributed by atoms with Gasteiger partial charge in [0.25, 0.3) is 5.91 Å². The van der Waals surface area contributed by atoms with E-state index in [0.29, 0.717) is 29.7 Å². The number of fused-ring (bicyclic) bond motifs is 1. The number of hydrogen-bond donors (Lipinski definition) is 0. The van der Waals surface area contributed by atoms with Crippen LogP contribution >= 0.6 is 0 Å². The number of halogens is 1. The molecule has 1 aliphatic heterocycles. The zero-order valence-electron chi connectivity index (χ0n) is 17.9. The van der Waals surface area contributed by atoms with E-state index in [2.05, 4.69) is 22.0 Å². The van der Waals surface area contributed by atoms with Gasteiger partial charge >= 0.3 is 0 Å². The first kappa shape index (κ1) is 19.5. The van der Waals surface area contributed by atoms with E-state index in [4.69, 9.17) is 4.74 Å². The summed E-state index contributed by atoms with van der Waals surface area (Å²) in [6.07, 6.45) is 2.37. The maximum atomic E-state index is 13.8. The summed E-state index contributed by atoms with van der Waals surface area (Å²) < 4.78 is 19.0. The predicted molar refractivity (Wildman–Crippen MR) is 119 cm³/mol. The van der Waals surface area contributed by atoms with Gasteiger partial charge in [-0.15, -0.1) is 0 Å². The third kappa shape index (κ3) is 3.42. The molecule has 1 amide bonds. The van der Waals surface area contributed by atoms with E-state index in [9.17, 15) is 9.18 Å². The van der Waals surface area contributed by atoms with Gasteiger partial charge in [0, 0.05) is 11.8 Å². The summed E-state index contributed by atoms with van der Waals surface area (Å²) in [7, 11) is 1.57. The molecule has 5 nitrogen and oxygen atoms in total. The fraction of sp³-hybridized carbons (Fsp3) is 0.280. The summed E-state index contributed by atoms with van der Waals surface area (Å²) >= 11 is 0. The van der Waals surface area contributed by atoms with Crippen molar-refractivity contribution < 1.29 is 13.9 Å². The summed E-state index contributed by atoms with van der Waals surface area (Å²) in [6, 6.07) is 14.5. The molecule has 158 valence electrons. The summed E-state index contributed by atoms with van der Waals surface area (Å²) in [5.74, 6) is 0.742. The molecule has 0 unspecified atom stereocenters. The second-order valence-electron chi connectivity index (χ2n) is 8.24. The van der Waals surface area contributed by atoms with E-state index < -0.39 is 0 Å². The van der Waals surface area contributed by atoms with Gasteiger partial charge in [-0.05, 0) is 80.1 Å². The second-order valence-corrected chi connectivity index (χ2v) is 8.24. The second kappa shape index (κ2) is 7.38. The number of hydrogen-bond acceptors (Lipinski definition) is 4. The largest absolute Gasteiger partial charge is 0.481 e. The zero-order chi connectivity index (χ0) is 21.7. The first-order valence-corrected chi connectivity index (χ1v) is 10.5. The van der Waals surface area contributed by atoms with E-state index in [1.807, 2.05) is 26.0 Å². The smallest absolute Gasteiger partial charge is 0.261 e. The highest BCUT2D eigenvalue weighted by molar-refractivity contribution is 6.13. The summed E-state index contributed by atoms with van der Waals surface area (Å²) in [5, 5.41) is 0. The van der Waals surface area contributed by atoms with Gasteiger partial charge in [-0.25, -0.2) is 9.37 Å². The third-order valence-corrected chi connectivity index (χ3v) is 6.10. The number of carbonyl (C=O) groups excluding carboxylic acids is 1. The number of ether oxygens (including phenoxy) is 1. The molecule has 1 aliphatic carbocycles. The van der Waals surface area contributed by atoms with Gasteiger partial charge in [0.2, 0.25) is 5.88 Å². The maximum Gasteiger partial charge on any atom is 0.261 e. The highest BCUT2D eigenvalue weighted by Crippen LogP contribution is 2.44. The van der Waals surface area contributed by atoms with Gasteiger partial charge in [-0.2, -0.15) is 0 Å². The van der Waals surface area contributed by atoms with Crippen LogP contribution in [-0.4, -0.2) is 24.7 Å². The number of amides is 1. The van der Waals surface area contributed by atoms with E-state index in [1.54, 1.807) is 24.1 Å². The average molecular weight is 417 g/mol. The molecule has 0 bridgehead atoms. The normalized spacial score (nSPS) is 15.8. The molecule has 5 rings (SSSR count). The molecule has 1 saturated carbocycles. The number of methoxy groups -OCH3 is 1. The van der Waals surface area contributed by atoms with Crippen LogP contribution in [0, 0.1) is 19.7 Å². The standard InChI is InChI=1S/C25H24FN3O2/c1-15-12-19(26)7-9-21(15)28-14-29(22-10-11-24(31-3)27-16(22)2)25(30)20-8-6-18(13-23(20)28)17-4-5-17/h6-13,17H,4-5,14H2,1-3H3. The number of aryl methyl sites for hydroxylation is 2. The number of rotatable bonds is 4. The van der Waals surface area contributed by atoms with Gasteiger partial charge in [0.1, 0.15) is 12.5 Å². The van der Waals surface area contributed by atoms with Crippen LogP contribution < -0.4 is 14.5 Å². The number of carbonyl (C=O) groups is 1. The fourth-order valence-corrected chi connectivity index (χ4v) is 4.29. The molecule has 0 saturated heterocycles. The van der Waals surface area contributed by atoms with Crippen LogP contribution in [0.15, 0.2) is 48.5 Å². The van der Waals surface area contributed by atoms with Crippen LogP contribution in [0.5, 0.6) is 5.88 Å². The van der Waals surface area contributed by atoms with Crippen LogP contribution in [0.4, 0.5) is 21.5 Å². The van der Waals surface area contributed by atoms with Crippen molar-refractivity contribution in [1.82, 2.24) is 4.98 Å². The first-order chi connectivity index (χ1) is 15.0. The van der Waals surface area contributed by atoms with E-state index >= 15 is 0 Å². The fourth-order valence-electron chi connectivity index (χ4n) is 4.29. The molecule has 2 aromatic carbocycles. The van der Waals surface area contributed by atoms with E-state index in [0.717, 1.165) is 22.6 Å². The molecule has 3 aromatic rings. The minimum atomic E-state index is -0.270. The third-order valence-electron chi connectivity index (χ3n) is 6.10. The highest BCUT2D eigenvalue weighted by Gasteiger charge is 2.34. The summed E-state index contributed by atoms with van der Waals surface area (Å²) in [6.45, 7) is 4.08. The quantitative estimate of drug-likeness (QED) is 0.564. The Kier molecular flexibility index (Phi) is 4.65. The molecule has 1 fully saturated rings. The van der Waals surface area contributed by atoms with E-state index in [-0.39, 0.29) is 11.7 Å². The van der Waals surface area contributed by atoms with Crippen LogP contribution in [0.3, 0.4) is 0 Å². The topological polar surface area (TPSA) is 45.7 Å². The number of anilines is 3. The summed E-state index contributed by atoms with van der Waals surface area (Å²) in [4.78, 5) is 21.8. The van der Waals surface area contributed by atoms with Crippen molar-refractivity contribution in [2.75, 3.05) is 23.6 Å². The number of pyridine rings is 1. The van der Waals surface area contributed by atoms with Crippen molar-refractivity contribution in [2.45, 2.75) is 32.6 Å². The Morgan fingerprint density at radius 2 is 1.74 bits per heavy atom. The van der Waals surface area contributed by atoms with Gasteiger partial charge in [-0.3, -0.25) is 9.69 Å². The lowest BCUT2D eigenvalue weighted by atomic mass is 10.0. The van der Waals surface area contributed by atoms with Crippen molar-refractivity contribution >= 4 is 23.0 Å². The number of nitrogens with zero attached hydrogens (tertiary/aromatic N) is 3. The lowest BCUT2D eigenvalue weighted by Crippen LogP contribution is -2.45. The minimum Gasteiger partial charge on any atom is -0.481 e. The monoisotopic (exact) mass is 417 g/mol. The Bertz CT molecular complexity index is 1190. The molecular formula is C25H24FN3O2. The summed E-state index contributed by atoms with van der Waals surface area (Å²) in [5.41, 5.74) is 5.91. The van der Waals surface area contributed by atoms with Crippen molar-refractivity contribution in [3.05, 3.63) is 76.7 Å². The molecule has 6 heteroatoms. The predicted octanol–water partition coefficient (Wildman–Crippen LogP) is 5.48. The molecule has 0 N–H and O–H groups in total. The molecule has 2 aliphatic rings. The van der Waals surface area contributed by atoms with Gasteiger partial charge in [0.05, 0.1) is 29.7 Å². The van der Waals surface area contributed by atoms with Crippen LogP contribution in [0.2, 0.25) is 0 Å². The van der Waals surface area contributed by atoms with Gasteiger partial charge in [-0.1, -0.05) is 6.07 Å². The van der Waals surface area contributed by atoms with Gasteiger partial charge < -0.3 is 9.64 Å². The van der Waals surface area contributed by atoms with E-state index in [1.165, 1.54) is 30.5 Å². The van der Waals surface area contributed by atoms with Crippen LogP contribution in [0.1, 0.15) is 45.9 Å². The van der Waals surface area contributed by atoms with Crippen LogP contribution in [-0.2, 0) is 0 Å². The Hall–Kier alpha value is -3.41. The molecule has 0 atom stereocenters. The minimum absolute atomic E-state index is 0.0663. The highest BCUT2D eigenvalue weighted by atomic mass is 19.1. The van der Waals surface area contributed by atoms with Crippen molar-refractivity contribution in [2.24, 2.45) is 0 Å². The first-order valence-electron chi connectivity index (χ1n) is 10.5. The Labute approximate surface area is 181 Å². The number of benzene rings is 2.